The molecular weight excluding hydrogens is 476 g/mol. The number of carboxylic acids is 2. The Morgan fingerprint density at radius 3 is 1.62 bits per heavy atom. The smallest absolute Gasteiger partial charge is 1.00 e. The van der Waals surface area contributed by atoms with E-state index >= 15 is 0 Å². The third-order valence-corrected chi connectivity index (χ3v) is 6.63. The number of aromatic carboxylic acids is 2. The molecule has 158 valence electrons. The molecule has 0 saturated heterocycles. The zero-order valence-electron chi connectivity index (χ0n) is 15.4. The van der Waals surface area contributed by atoms with Crippen LogP contribution >= 0.6 is 23.5 Å². The quantitative estimate of drug-likeness (QED) is 0.193. The van der Waals surface area contributed by atoms with E-state index in [4.69, 9.17) is 24.9 Å². The van der Waals surface area contributed by atoms with Crippen LogP contribution in [0.25, 0.3) is 0 Å². The normalized spacial score (nSPS) is 15.3. The first-order valence-electron chi connectivity index (χ1n) is 6.40. The van der Waals surface area contributed by atoms with Crippen LogP contribution in [0.4, 0.5) is 0 Å². The Bertz CT molecular complexity index is 926. The Balaban J connectivity index is 0. The van der Waals surface area contributed by atoms with Crippen LogP contribution in [0.15, 0.2) is 18.2 Å². The second-order valence-corrected chi connectivity index (χ2v) is 9.21. The molecular formula is C10H12NaO15P3. The van der Waals surface area contributed by atoms with E-state index in [9.17, 15) is 28.1 Å². The van der Waals surface area contributed by atoms with Gasteiger partial charge in [-0.3, -0.25) is 4.52 Å². The number of hydrogen-bond donors (Lipinski definition) is 5. The van der Waals surface area contributed by atoms with E-state index in [1.165, 1.54) is 0 Å². The zero-order chi connectivity index (χ0) is 21.9. The molecule has 0 aliphatic heterocycles. The van der Waals surface area contributed by atoms with Crippen molar-refractivity contribution in [1.29, 1.82) is 0 Å². The maximum Gasteiger partial charge on any atom is 1.00 e. The molecule has 0 aliphatic carbocycles. The molecule has 1 rings (SSSR count). The fourth-order valence-corrected chi connectivity index (χ4v) is 4.77. The van der Waals surface area contributed by atoms with Crippen molar-refractivity contribution in [3.05, 3.63) is 34.9 Å². The fraction of sp³-hybridized carbons (Fsp3) is 0.100. The summed E-state index contributed by atoms with van der Waals surface area (Å²) in [6.07, 6.45) is 0. The van der Waals surface area contributed by atoms with E-state index in [2.05, 4.69) is 17.7 Å². The van der Waals surface area contributed by atoms with Crippen molar-refractivity contribution < 1.29 is 102 Å². The number of carbonyl (C=O) groups is 3. The maximum atomic E-state index is 12.1. The SMILES string of the molecule is COP(=O)(OC(=O)c1cc(C(=O)O)cc(C(=O)O)c1)OP(=O)(O)OP(=O)(O)O.[H-].[Na+]. The summed E-state index contributed by atoms with van der Waals surface area (Å²) < 4.78 is 49.7. The van der Waals surface area contributed by atoms with Crippen LogP contribution in [0.2, 0.25) is 0 Å². The number of phosphoric ester groups is 1. The first-order chi connectivity index (χ1) is 12.6. The van der Waals surface area contributed by atoms with Crippen molar-refractivity contribution in [3.8, 4) is 0 Å². The largest absolute Gasteiger partial charge is 1.00 e. The van der Waals surface area contributed by atoms with Gasteiger partial charge in [0, 0.05) is 7.11 Å². The Hall–Kier alpha value is -0.920. The third kappa shape index (κ3) is 9.18. The molecule has 0 heterocycles. The van der Waals surface area contributed by atoms with Crippen molar-refractivity contribution >= 4 is 41.4 Å². The molecule has 1 aromatic rings. The van der Waals surface area contributed by atoms with Crippen molar-refractivity contribution in [2.75, 3.05) is 7.11 Å². The summed E-state index contributed by atoms with van der Waals surface area (Å²) in [6, 6.07) is 1.95. The van der Waals surface area contributed by atoms with E-state index in [1.807, 2.05) is 0 Å². The minimum Gasteiger partial charge on any atom is -1.00 e. The van der Waals surface area contributed by atoms with Gasteiger partial charge in [0.25, 0.3) is 0 Å². The standard InChI is InChI=1S/C10H11O15P3.Na.H/c1-22-28(21,25-27(19,20)24-26(16,17)18)23-10(15)7-3-5(8(11)12)2-6(4-7)9(13)14;;/h2-4H,1H3,(H,11,12)(H,13,14)(H,19,20)(H2,16,17,18);;/q;+1;-1. The van der Waals surface area contributed by atoms with Gasteiger partial charge in [-0.05, 0) is 18.2 Å². The molecule has 0 fully saturated rings. The van der Waals surface area contributed by atoms with Gasteiger partial charge in [0.2, 0.25) is 0 Å². The second-order valence-electron chi connectivity index (χ2n) is 4.54. The Morgan fingerprint density at radius 1 is 0.862 bits per heavy atom. The first kappa shape index (κ1) is 28.1. The van der Waals surface area contributed by atoms with Crippen molar-refractivity contribution in [2.45, 2.75) is 0 Å². The van der Waals surface area contributed by atoms with Crippen molar-refractivity contribution in [2.24, 2.45) is 0 Å². The van der Waals surface area contributed by atoms with E-state index in [-0.39, 0.29) is 31.0 Å². The number of benzene rings is 1. The van der Waals surface area contributed by atoms with E-state index in [0.717, 1.165) is 0 Å². The number of rotatable bonds is 9. The molecule has 19 heteroatoms. The van der Waals surface area contributed by atoms with Gasteiger partial charge in [-0.2, -0.15) is 8.62 Å². The van der Waals surface area contributed by atoms with Gasteiger partial charge in [-0.1, -0.05) is 0 Å². The Labute approximate surface area is 184 Å². The van der Waals surface area contributed by atoms with Crippen molar-refractivity contribution in [3.63, 3.8) is 0 Å². The monoisotopic (exact) mass is 488 g/mol. The number of carboxylic acid groups (broad SMARTS) is 2. The molecule has 0 saturated carbocycles. The number of phosphoric acid groups is 3. The first-order valence-corrected chi connectivity index (χ1v) is 10.9. The molecule has 2 unspecified atom stereocenters. The van der Waals surface area contributed by atoms with Gasteiger partial charge >= 0.3 is 70.9 Å². The summed E-state index contributed by atoms with van der Waals surface area (Å²) in [6.45, 7) is 0. The molecule has 15 nitrogen and oxygen atoms in total. The summed E-state index contributed by atoms with van der Waals surface area (Å²) in [5, 5.41) is 17.9. The predicted octanol–water partition coefficient (Wildman–Crippen LogP) is -1.66. The summed E-state index contributed by atoms with van der Waals surface area (Å²) in [5.74, 6) is -4.97. The van der Waals surface area contributed by atoms with Crippen LogP contribution in [0.5, 0.6) is 0 Å². The Kier molecular flexibility index (Phi) is 10.1. The van der Waals surface area contributed by atoms with E-state index in [0.29, 0.717) is 25.3 Å². The van der Waals surface area contributed by atoms with Gasteiger partial charge in [-0.25, -0.2) is 28.1 Å². The van der Waals surface area contributed by atoms with Crippen LogP contribution in [-0.4, -0.2) is 49.9 Å². The third-order valence-electron chi connectivity index (χ3n) is 2.49. The zero-order valence-corrected chi connectivity index (χ0v) is 19.1. The molecule has 1 aromatic carbocycles. The second kappa shape index (κ2) is 10.4. The molecule has 0 radical (unpaired) electrons. The number of carbonyl (C=O) groups excluding carboxylic acids is 1. The topological polar surface area (TPSA) is 240 Å². The molecule has 0 amide bonds. The minimum atomic E-state index is -5.77. The van der Waals surface area contributed by atoms with Crippen LogP contribution in [0, 0.1) is 0 Å². The predicted molar refractivity (Wildman–Crippen MR) is 85.5 cm³/mol. The maximum absolute atomic E-state index is 12.1. The van der Waals surface area contributed by atoms with Crippen LogP contribution in [-0.2, 0) is 31.4 Å². The summed E-state index contributed by atoms with van der Waals surface area (Å²) in [4.78, 5) is 60.1. The minimum absolute atomic E-state index is 0. The average molecular weight is 488 g/mol. The Morgan fingerprint density at radius 2 is 1.28 bits per heavy atom. The van der Waals surface area contributed by atoms with E-state index in [1.54, 1.807) is 0 Å². The summed E-state index contributed by atoms with van der Waals surface area (Å²) >= 11 is 0. The van der Waals surface area contributed by atoms with Gasteiger partial charge in [-0.15, -0.1) is 0 Å². The molecule has 0 spiro atoms. The molecule has 0 aliphatic rings. The molecule has 29 heavy (non-hydrogen) atoms. The van der Waals surface area contributed by atoms with Gasteiger partial charge in [0.05, 0.1) is 16.7 Å². The molecule has 2 atom stereocenters. The van der Waals surface area contributed by atoms with Gasteiger partial charge < -0.3 is 30.8 Å². The summed E-state index contributed by atoms with van der Waals surface area (Å²) in [5.41, 5.74) is -2.11. The fourth-order valence-electron chi connectivity index (χ4n) is 1.51. The molecule has 0 bridgehead atoms. The van der Waals surface area contributed by atoms with E-state index < -0.39 is 58.1 Å². The summed E-state index contributed by atoms with van der Waals surface area (Å²) in [7, 11) is -16.1. The molecule has 5 N–H and O–H groups in total. The van der Waals surface area contributed by atoms with Gasteiger partial charge in [0.15, 0.2) is 0 Å². The van der Waals surface area contributed by atoms with Crippen LogP contribution < -0.4 is 29.6 Å². The molecule has 0 aromatic heterocycles. The van der Waals surface area contributed by atoms with Crippen molar-refractivity contribution in [1.82, 2.24) is 0 Å². The number of hydrogen-bond acceptors (Lipinski definition) is 10. The van der Waals surface area contributed by atoms with Crippen LogP contribution in [0.3, 0.4) is 0 Å². The average Bonchev–Trinajstić information content (AvgIpc) is 2.51. The van der Waals surface area contributed by atoms with Gasteiger partial charge in [0.1, 0.15) is 0 Å². The van der Waals surface area contributed by atoms with Crippen LogP contribution in [0.1, 0.15) is 32.5 Å².